The standard InChI is InChI=1S/C57H39N/c1-57(2)51-33-38(41-31-39(36-16-5-3-6-17-36)30-40(32-41)37-18-7-4-8-19-37)28-29-45(51)49-34-50-46-23-13-14-26-53(46)58(55(50)35-52(49)57)54-27-15-25-48-44-21-10-9-20-42(44)43-22-11-12-24-47(43)56(48)54/h3-35H,1-2H3. The summed E-state index contributed by atoms with van der Waals surface area (Å²) in [5, 5.41) is 10.3. The molecular weight excluding hydrogens is 699 g/mol. The molecule has 0 saturated heterocycles. The molecule has 0 saturated carbocycles. The van der Waals surface area contributed by atoms with E-state index in [0.717, 1.165) is 0 Å². The highest BCUT2D eigenvalue weighted by atomic mass is 15.0. The van der Waals surface area contributed by atoms with Gasteiger partial charge in [0, 0.05) is 21.6 Å². The Bertz CT molecular complexity index is 3350. The Balaban J connectivity index is 1.07. The second kappa shape index (κ2) is 12.4. The lowest BCUT2D eigenvalue weighted by atomic mass is 9.81. The highest BCUT2D eigenvalue weighted by Gasteiger charge is 2.37. The smallest absolute Gasteiger partial charge is 0.0547 e. The van der Waals surface area contributed by atoms with Crippen molar-refractivity contribution in [2.24, 2.45) is 0 Å². The van der Waals surface area contributed by atoms with Crippen LogP contribution in [-0.2, 0) is 5.41 Å². The van der Waals surface area contributed by atoms with E-state index in [9.17, 15) is 0 Å². The van der Waals surface area contributed by atoms with Crippen LogP contribution in [0.3, 0.4) is 0 Å². The third-order valence-electron chi connectivity index (χ3n) is 12.9. The zero-order chi connectivity index (χ0) is 38.5. The molecule has 11 aromatic rings. The number of hydrogen-bond acceptors (Lipinski definition) is 0. The number of benzene rings is 10. The van der Waals surface area contributed by atoms with Crippen LogP contribution in [0.2, 0.25) is 0 Å². The zero-order valence-corrected chi connectivity index (χ0v) is 32.5. The van der Waals surface area contributed by atoms with E-state index >= 15 is 0 Å². The van der Waals surface area contributed by atoms with Crippen molar-refractivity contribution in [3.63, 3.8) is 0 Å². The number of para-hydroxylation sites is 1. The predicted molar refractivity (Wildman–Crippen MR) is 247 cm³/mol. The Kier molecular flexibility index (Phi) is 7.04. The Morgan fingerprint density at radius 3 is 1.45 bits per heavy atom. The summed E-state index contributed by atoms with van der Waals surface area (Å²) in [6.45, 7) is 4.82. The van der Waals surface area contributed by atoms with E-state index in [1.54, 1.807) is 0 Å². The summed E-state index contributed by atoms with van der Waals surface area (Å²) in [6, 6.07) is 74.3. The molecule has 12 rings (SSSR count). The molecule has 1 nitrogen and oxygen atoms in total. The minimum absolute atomic E-state index is 0.211. The first-order chi connectivity index (χ1) is 28.5. The molecule has 1 heteroatoms. The average molecular weight is 738 g/mol. The van der Waals surface area contributed by atoms with Gasteiger partial charge in [0.2, 0.25) is 0 Å². The highest BCUT2D eigenvalue weighted by Crippen LogP contribution is 2.52. The fraction of sp³-hybridized carbons (Fsp3) is 0.0526. The summed E-state index contributed by atoms with van der Waals surface area (Å²) in [5.74, 6) is 0. The number of nitrogens with zero attached hydrogens (tertiary/aromatic N) is 1. The first kappa shape index (κ1) is 33.0. The van der Waals surface area contributed by atoms with Crippen molar-refractivity contribution in [3.8, 4) is 50.2 Å². The van der Waals surface area contributed by atoms with Crippen LogP contribution in [0.4, 0.5) is 0 Å². The normalized spacial score (nSPS) is 13.1. The molecule has 0 radical (unpaired) electrons. The van der Waals surface area contributed by atoms with Crippen LogP contribution in [0.5, 0.6) is 0 Å². The van der Waals surface area contributed by atoms with Crippen molar-refractivity contribution in [2.75, 3.05) is 0 Å². The van der Waals surface area contributed by atoms with Crippen molar-refractivity contribution in [1.29, 1.82) is 0 Å². The Morgan fingerprint density at radius 1 is 0.310 bits per heavy atom. The number of fused-ring (bicyclic) bond motifs is 12. The maximum atomic E-state index is 2.54. The predicted octanol–water partition coefficient (Wildman–Crippen LogP) is 15.6. The molecule has 0 N–H and O–H groups in total. The van der Waals surface area contributed by atoms with Gasteiger partial charge in [0.1, 0.15) is 0 Å². The van der Waals surface area contributed by atoms with E-state index < -0.39 is 0 Å². The Labute approximate surface area is 338 Å². The molecule has 0 fully saturated rings. The monoisotopic (exact) mass is 737 g/mol. The summed E-state index contributed by atoms with van der Waals surface area (Å²) in [7, 11) is 0. The van der Waals surface area contributed by atoms with Gasteiger partial charge in [-0.2, -0.15) is 0 Å². The van der Waals surface area contributed by atoms with E-state index in [2.05, 4.69) is 219 Å². The lowest BCUT2D eigenvalue weighted by molar-refractivity contribution is 0.661. The second-order valence-corrected chi connectivity index (χ2v) is 16.5. The molecule has 1 aliphatic carbocycles. The van der Waals surface area contributed by atoms with E-state index in [1.807, 2.05) is 0 Å². The first-order valence-electron chi connectivity index (χ1n) is 20.3. The van der Waals surface area contributed by atoms with Gasteiger partial charge >= 0.3 is 0 Å². The molecule has 0 amide bonds. The molecule has 1 aromatic heterocycles. The minimum Gasteiger partial charge on any atom is -0.309 e. The van der Waals surface area contributed by atoms with Crippen molar-refractivity contribution in [2.45, 2.75) is 19.3 Å². The molecule has 0 atom stereocenters. The van der Waals surface area contributed by atoms with Crippen molar-refractivity contribution < 1.29 is 0 Å². The van der Waals surface area contributed by atoms with Gasteiger partial charge in [0.15, 0.2) is 0 Å². The van der Waals surface area contributed by atoms with Crippen LogP contribution in [0.1, 0.15) is 25.0 Å². The fourth-order valence-corrected chi connectivity index (χ4v) is 10.1. The van der Waals surface area contributed by atoms with E-state index in [0.29, 0.717) is 0 Å². The summed E-state index contributed by atoms with van der Waals surface area (Å²) < 4.78 is 2.54. The molecule has 10 aromatic carbocycles. The van der Waals surface area contributed by atoms with Gasteiger partial charge in [-0.3, -0.25) is 0 Å². The molecule has 0 unspecified atom stereocenters. The van der Waals surface area contributed by atoms with Crippen molar-refractivity contribution in [3.05, 3.63) is 211 Å². The van der Waals surface area contributed by atoms with Gasteiger partial charge in [0.25, 0.3) is 0 Å². The summed E-state index contributed by atoms with van der Waals surface area (Å²) >= 11 is 0. The number of rotatable bonds is 4. The fourth-order valence-electron chi connectivity index (χ4n) is 10.1. The van der Waals surface area contributed by atoms with Gasteiger partial charge in [-0.1, -0.05) is 166 Å². The highest BCUT2D eigenvalue weighted by molar-refractivity contribution is 6.28. The summed E-state index contributed by atoms with van der Waals surface area (Å²) in [4.78, 5) is 0. The molecule has 272 valence electrons. The van der Waals surface area contributed by atoms with E-state index in [4.69, 9.17) is 0 Å². The van der Waals surface area contributed by atoms with Crippen LogP contribution in [0, 0.1) is 0 Å². The third kappa shape index (κ3) is 4.77. The van der Waals surface area contributed by atoms with Crippen LogP contribution < -0.4 is 0 Å². The molecule has 0 bridgehead atoms. The lowest BCUT2D eigenvalue weighted by Crippen LogP contribution is -2.15. The zero-order valence-electron chi connectivity index (χ0n) is 32.5. The molecular formula is C57H39N. The van der Waals surface area contributed by atoms with Gasteiger partial charge in [-0.25, -0.2) is 0 Å². The Morgan fingerprint density at radius 2 is 0.810 bits per heavy atom. The van der Waals surface area contributed by atoms with Crippen LogP contribution >= 0.6 is 0 Å². The molecule has 0 spiro atoms. The molecule has 1 aliphatic rings. The minimum atomic E-state index is -0.211. The summed E-state index contributed by atoms with van der Waals surface area (Å²) in [5.41, 5.74) is 16.3. The molecule has 1 heterocycles. The van der Waals surface area contributed by atoms with Crippen molar-refractivity contribution >= 4 is 54.1 Å². The Hall–Kier alpha value is -7.22. The number of aromatic nitrogens is 1. The topological polar surface area (TPSA) is 4.93 Å². The van der Waals surface area contributed by atoms with E-state index in [1.165, 1.54) is 115 Å². The molecule has 0 aliphatic heterocycles. The molecule has 58 heavy (non-hydrogen) atoms. The largest absolute Gasteiger partial charge is 0.309 e. The SMILES string of the molecule is CC1(C)c2cc(-c3cc(-c4ccccc4)cc(-c4ccccc4)c3)ccc2-c2cc3c4ccccc4n(-c4cccc5c6ccccc6c6ccccc6c45)c3cc21. The average Bonchev–Trinajstić information content (AvgIpc) is 3.73. The van der Waals surface area contributed by atoms with Gasteiger partial charge < -0.3 is 4.57 Å². The quantitative estimate of drug-likeness (QED) is 0.159. The third-order valence-corrected chi connectivity index (χ3v) is 12.9. The lowest BCUT2D eigenvalue weighted by Gasteiger charge is -2.23. The van der Waals surface area contributed by atoms with Crippen LogP contribution in [0.25, 0.3) is 104 Å². The van der Waals surface area contributed by atoms with Crippen LogP contribution in [0.15, 0.2) is 200 Å². The van der Waals surface area contributed by atoms with E-state index in [-0.39, 0.29) is 5.41 Å². The maximum Gasteiger partial charge on any atom is 0.0547 e. The second-order valence-electron chi connectivity index (χ2n) is 16.5. The maximum absolute atomic E-state index is 2.54. The first-order valence-corrected chi connectivity index (χ1v) is 20.3. The van der Waals surface area contributed by atoms with Gasteiger partial charge in [-0.05, 0) is 131 Å². The number of hydrogen-bond donors (Lipinski definition) is 0. The van der Waals surface area contributed by atoms with Gasteiger partial charge in [0.05, 0.1) is 16.7 Å². The summed E-state index contributed by atoms with van der Waals surface area (Å²) in [6.07, 6.45) is 0. The van der Waals surface area contributed by atoms with Crippen molar-refractivity contribution in [1.82, 2.24) is 4.57 Å². The van der Waals surface area contributed by atoms with Crippen LogP contribution in [-0.4, -0.2) is 4.57 Å². The van der Waals surface area contributed by atoms with Gasteiger partial charge in [-0.15, -0.1) is 0 Å².